The number of nitrogens with zero attached hydrogens (tertiary/aromatic N) is 3. The van der Waals surface area contributed by atoms with E-state index < -0.39 is 11.6 Å². The molecule has 0 aliphatic heterocycles. The molecule has 3 rings (SSSR count). The quantitative estimate of drug-likeness (QED) is 0.801. The Balaban J connectivity index is 2.04. The second-order valence-electron chi connectivity index (χ2n) is 4.33. The molecule has 0 aliphatic rings. The minimum atomic E-state index is -0.716. The predicted molar refractivity (Wildman–Crippen MR) is 73.6 cm³/mol. The second kappa shape index (κ2) is 5.35. The van der Waals surface area contributed by atoms with Crippen LogP contribution in [0.1, 0.15) is 6.92 Å². The molecule has 7 heteroatoms. The molecule has 0 unspecified atom stereocenters. The molecule has 3 aromatic rings. The van der Waals surface area contributed by atoms with Gasteiger partial charge in [0, 0.05) is 37.1 Å². The number of ether oxygens (including phenoxy) is 1. The Morgan fingerprint density at radius 1 is 1.24 bits per heavy atom. The van der Waals surface area contributed by atoms with Crippen LogP contribution in [0.15, 0.2) is 36.8 Å². The maximum absolute atomic E-state index is 13.2. The Morgan fingerprint density at radius 3 is 2.71 bits per heavy atom. The first-order chi connectivity index (χ1) is 10.2. The van der Waals surface area contributed by atoms with Crippen LogP contribution in [-0.4, -0.2) is 20.9 Å². The Kier molecular flexibility index (Phi) is 3.39. The molecular formula is C14H12F2N4O. The maximum Gasteiger partial charge on any atom is 0.265 e. The molecule has 108 valence electrons. The van der Waals surface area contributed by atoms with E-state index in [1.54, 1.807) is 23.0 Å². The van der Waals surface area contributed by atoms with Crippen LogP contribution in [0.4, 0.5) is 14.6 Å². The first-order valence-electron chi connectivity index (χ1n) is 6.37. The summed E-state index contributed by atoms with van der Waals surface area (Å²) in [5.74, 6) is -0.656. The van der Waals surface area contributed by atoms with E-state index in [0.29, 0.717) is 18.0 Å². The number of benzene rings is 1. The monoisotopic (exact) mass is 290 g/mol. The molecule has 0 amide bonds. The summed E-state index contributed by atoms with van der Waals surface area (Å²) in [4.78, 5) is 8.38. The summed E-state index contributed by atoms with van der Waals surface area (Å²) in [5.41, 5.74) is 0.460. The van der Waals surface area contributed by atoms with E-state index in [-0.39, 0.29) is 11.6 Å². The van der Waals surface area contributed by atoms with Crippen LogP contribution < -0.4 is 10.1 Å². The largest absolute Gasteiger partial charge is 0.436 e. The smallest absolute Gasteiger partial charge is 0.265 e. The van der Waals surface area contributed by atoms with Crippen LogP contribution >= 0.6 is 0 Å². The molecule has 2 aromatic heterocycles. The molecule has 0 spiro atoms. The van der Waals surface area contributed by atoms with Crippen molar-refractivity contribution >= 4 is 11.5 Å². The molecule has 0 fully saturated rings. The van der Waals surface area contributed by atoms with Gasteiger partial charge in [0.15, 0.2) is 0 Å². The molecule has 0 radical (unpaired) electrons. The standard InChI is InChI=1S/C14H12F2N4O/c1-2-17-12-8-20-4-3-18-13(20)14(19-12)21-11-6-9(15)5-10(16)7-11/h3-8,17H,2H2,1H3. The zero-order valence-corrected chi connectivity index (χ0v) is 11.2. The van der Waals surface area contributed by atoms with Crippen LogP contribution in [0.5, 0.6) is 11.6 Å². The zero-order chi connectivity index (χ0) is 14.8. The van der Waals surface area contributed by atoms with Crippen molar-refractivity contribution in [2.45, 2.75) is 6.92 Å². The van der Waals surface area contributed by atoms with E-state index >= 15 is 0 Å². The normalized spacial score (nSPS) is 10.8. The second-order valence-corrected chi connectivity index (χ2v) is 4.33. The van der Waals surface area contributed by atoms with Gasteiger partial charge in [-0.3, -0.25) is 4.40 Å². The predicted octanol–water partition coefficient (Wildman–Crippen LogP) is 3.23. The third-order valence-corrected chi connectivity index (χ3v) is 2.75. The van der Waals surface area contributed by atoms with Gasteiger partial charge >= 0.3 is 0 Å². The zero-order valence-electron chi connectivity index (χ0n) is 11.2. The van der Waals surface area contributed by atoms with Crippen LogP contribution in [0, 0.1) is 11.6 Å². The molecule has 0 saturated heterocycles. The van der Waals surface area contributed by atoms with Gasteiger partial charge in [-0.25, -0.2) is 13.8 Å². The van der Waals surface area contributed by atoms with Gasteiger partial charge in [-0.1, -0.05) is 0 Å². The lowest BCUT2D eigenvalue weighted by Gasteiger charge is -2.09. The lowest BCUT2D eigenvalue weighted by molar-refractivity contribution is 0.454. The van der Waals surface area contributed by atoms with Gasteiger partial charge in [0.25, 0.3) is 5.88 Å². The summed E-state index contributed by atoms with van der Waals surface area (Å²) in [6.07, 6.45) is 5.08. The van der Waals surface area contributed by atoms with Crippen molar-refractivity contribution < 1.29 is 13.5 Å². The van der Waals surface area contributed by atoms with Crippen molar-refractivity contribution in [3.63, 3.8) is 0 Å². The molecule has 21 heavy (non-hydrogen) atoms. The summed E-state index contributed by atoms with van der Waals surface area (Å²) in [5, 5.41) is 3.05. The van der Waals surface area contributed by atoms with E-state index in [2.05, 4.69) is 15.3 Å². The number of fused-ring (bicyclic) bond motifs is 1. The number of aromatic nitrogens is 3. The highest BCUT2D eigenvalue weighted by Crippen LogP contribution is 2.26. The van der Waals surface area contributed by atoms with E-state index in [1.807, 2.05) is 6.92 Å². The minimum Gasteiger partial charge on any atom is -0.436 e. The van der Waals surface area contributed by atoms with Crippen LogP contribution in [-0.2, 0) is 0 Å². The van der Waals surface area contributed by atoms with Crippen molar-refractivity contribution in [3.05, 3.63) is 48.4 Å². The van der Waals surface area contributed by atoms with Crippen molar-refractivity contribution in [2.24, 2.45) is 0 Å². The topological polar surface area (TPSA) is 51.5 Å². The lowest BCUT2D eigenvalue weighted by Crippen LogP contribution is -2.03. The highest BCUT2D eigenvalue weighted by molar-refractivity contribution is 5.55. The molecule has 1 N–H and O–H groups in total. The fraction of sp³-hybridized carbons (Fsp3) is 0.143. The third-order valence-electron chi connectivity index (χ3n) is 2.75. The van der Waals surface area contributed by atoms with E-state index in [0.717, 1.165) is 18.2 Å². The summed E-state index contributed by atoms with van der Waals surface area (Å²) in [7, 11) is 0. The van der Waals surface area contributed by atoms with Crippen LogP contribution in [0.3, 0.4) is 0 Å². The van der Waals surface area contributed by atoms with Crippen LogP contribution in [0.25, 0.3) is 5.65 Å². The number of rotatable bonds is 4. The number of hydrogen-bond acceptors (Lipinski definition) is 4. The highest BCUT2D eigenvalue weighted by atomic mass is 19.1. The third kappa shape index (κ3) is 2.76. The van der Waals surface area contributed by atoms with Crippen molar-refractivity contribution in [2.75, 3.05) is 11.9 Å². The van der Waals surface area contributed by atoms with Crippen molar-refractivity contribution in [1.82, 2.24) is 14.4 Å². The molecule has 0 bridgehead atoms. The average Bonchev–Trinajstić information content (AvgIpc) is 2.86. The molecule has 5 nitrogen and oxygen atoms in total. The highest BCUT2D eigenvalue weighted by Gasteiger charge is 2.11. The van der Waals surface area contributed by atoms with Crippen molar-refractivity contribution in [1.29, 1.82) is 0 Å². The SMILES string of the molecule is CCNc1cn2ccnc2c(Oc2cc(F)cc(F)c2)n1. The van der Waals surface area contributed by atoms with Gasteiger partial charge in [-0.05, 0) is 6.92 Å². The number of nitrogens with one attached hydrogen (secondary N) is 1. The summed E-state index contributed by atoms with van der Waals surface area (Å²) in [6, 6.07) is 2.95. The molecular weight excluding hydrogens is 278 g/mol. The van der Waals surface area contributed by atoms with Gasteiger partial charge in [0.2, 0.25) is 5.65 Å². The summed E-state index contributed by atoms with van der Waals surface area (Å²) < 4.78 is 33.6. The fourth-order valence-electron chi connectivity index (χ4n) is 1.94. The van der Waals surface area contributed by atoms with E-state index in [4.69, 9.17) is 4.74 Å². The fourth-order valence-corrected chi connectivity index (χ4v) is 1.94. The maximum atomic E-state index is 13.2. The lowest BCUT2D eigenvalue weighted by atomic mass is 10.3. The van der Waals surface area contributed by atoms with Crippen molar-refractivity contribution in [3.8, 4) is 11.6 Å². The first kappa shape index (κ1) is 13.3. The van der Waals surface area contributed by atoms with E-state index in [9.17, 15) is 8.78 Å². The number of anilines is 1. The minimum absolute atomic E-state index is 0.0264. The first-order valence-corrected chi connectivity index (χ1v) is 6.37. The molecule has 0 atom stereocenters. The average molecular weight is 290 g/mol. The number of hydrogen-bond donors (Lipinski definition) is 1. The van der Waals surface area contributed by atoms with Gasteiger partial charge < -0.3 is 10.1 Å². The Morgan fingerprint density at radius 2 is 2.00 bits per heavy atom. The molecule has 2 heterocycles. The molecule has 0 saturated carbocycles. The van der Waals surface area contributed by atoms with Gasteiger partial charge in [-0.2, -0.15) is 4.98 Å². The molecule has 0 aliphatic carbocycles. The summed E-state index contributed by atoms with van der Waals surface area (Å²) >= 11 is 0. The Labute approximate surface area is 119 Å². The van der Waals surface area contributed by atoms with Gasteiger partial charge in [0.05, 0.1) is 6.20 Å². The Hall–Kier alpha value is -2.70. The molecule has 1 aromatic carbocycles. The number of imidazole rings is 1. The Bertz CT molecular complexity index is 767. The van der Waals surface area contributed by atoms with Crippen LogP contribution in [0.2, 0.25) is 0 Å². The van der Waals surface area contributed by atoms with Gasteiger partial charge in [0.1, 0.15) is 23.2 Å². The van der Waals surface area contributed by atoms with E-state index in [1.165, 1.54) is 0 Å². The van der Waals surface area contributed by atoms with Gasteiger partial charge in [-0.15, -0.1) is 0 Å². The number of halogens is 2. The summed E-state index contributed by atoms with van der Waals surface area (Å²) in [6.45, 7) is 2.61.